The maximum absolute atomic E-state index is 13.7. The summed E-state index contributed by atoms with van der Waals surface area (Å²) in [5.41, 5.74) is 3.21. The van der Waals surface area contributed by atoms with E-state index in [9.17, 15) is 14.9 Å². The number of aromatic nitrogens is 2. The van der Waals surface area contributed by atoms with E-state index in [-0.39, 0.29) is 11.6 Å². The van der Waals surface area contributed by atoms with E-state index in [1.807, 2.05) is 41.3 Å². The molecule has 4 aromatic rings. The van der Waals surface area contributed by atoms with Crippen LogP contribution in [0.5, 0.6) is 5.75 Å². The van der Waals surface area contributed by atoms with E-state index in [0.29, 0.717) is 53.8 Å². The smallest absolute Gasteiger partial charge is 0.272 e. The third kappa shape index (κ3) is 4.99. The number of para-hydroxylation sites is 1. The van der Waals surface area contributed by atoms with Gasteiger partial charge in [0.1, 0.15) is 11.4 Å². The lowest BCUT2D eigenvalue weighted by Crippen LogP contribution is -2.49. The number of carbonyl (C=O) groups is 1. The summed E-state index contributed by atoms with van der Waals surface area (Å²) in [7, 11) is 1.64. The standard InChI is InChI=1S/C27H24ClN5O4/c1-37-22-12-10-20(11-13-22)30-14-16-31(17-15-30)27(34)26-18-24(19-6-8-21(9-7-19)33(35)36)29-32(26)25-5-3-2-4-23(25)28/h2-13,18H,14-17H2,1H3. The van der Waals surface area contributed by atoms with Crippen LogP contribution in [0, 0.1) is 10.1 Å². The van der Waals surface area contributed by atoms with Gasteiger partial charge in [-0.3, -0.25) is 14.9 Å². The lowest BCUT2D eigenvalue weighted by atomic mass is 10.1. The Morgan fingerprint density at radius 2 is 1.65 bits per heavy atom. The zero-order chi connectivity index (χ0) is 25.9. The topological polar surface area (TPSA) is 93.7 Å². The average molecular weight is 518 g/mol. The second-order valence-corrected chi connectivity index (χ2v) is 8.97. The number of anilines is 1. The van der Waals surface area contributed by atoms with Crippen LogP contribution in [0.2, 0.25) is 5.02 Å². The van der Waals surface area contributed by atoms with Crippen molar-refractivity contribution in [2.75, 3.05) is 38.2 Å². The first-order valence-electron chi connectivity index (χ1n) is 11.7. The van der Waals surface area contributed by atoms with Crippen LogP contribution < -0.4 is 9.64 Å². The molecule has 188 valence electrons. The van der Waals surface area contributed by atoms with Gasteiger partial charge in [0, 0.05) is 49.6 Å². The number of benzene rings is 3. The van der Waals surface area contributed by atoms with Crippen molar-refractivity contribution in [3.05, 3.63) is 99.7 Å². The fraction of sp³-hybridized carbons (Fsp3) is 0.185. The van der Waals surface area contributed by atoms with E-state index >= 15 is 0 Å². The summed E-state index contributed by atoms with van der Waals surface area (Å²) < 4.78 is 6.79. The number of nitro benzene ring substituents is 1. The molecule has 1 saturated heterocycles. The maximum atomic E-state index is 13.7. The molecule has 1 aliphatic rings. The molecule has 0 bridgehead atoms. The molecule has 0 radical (unpaired) electrons. The summed E-state index contributed by atoms with van der Waals surface area (Å²) in [5.74, 6) is 0.643. The van der Waals surface area contributed by atoms with Gasteiger partial charge < -0.3 is 14.5 Å². The molecule has 3 aromatic carbocycles. The lowest BCUT2D eigenvalue weighted by Gasteiger charge is -2.36. The largest absolute Gasteiger partial charge is 0.497 e. The second kappa shape index (κ2) is 10.3. The van der Waals surface area contributed by atoms with Crippen molar-refractivity contribution in [2.45, 2.75) is 0 Å². The predicted molar refractivity (Wildman–Crippen MR) is 142 cm³/mol. The summed E-state index contributed by atoms with van der Waals surface area (Å²) in [4.78, 5) is 28.4. The highest BCUT2D eigenvalue weighted by atomic mass is 35.5. The SMILES string of the molecule is COc1ccc(N2CCN(C(=O)c3cc(-c4ccc([N+](=O)[O-])cc4)nn3-c3ccccc3Cl)CC2)cc1. The van der Waals surface area contributed by atoms with Crippen LogP contribution in [0.3, 0.4) is 0 Å². The Bertz CT molecular complexity index is 1430. The van der Waals surface area contributed by atoms with Gasteiger partial charge in [0.25, 0.3) is 11.6 Å². The number of non-ortho nitro benzene ring substituents is 1. The van der Waals surface area contributed by atoms with Crippen molar-refractivity contribution < 1.29 is 14.5 Å². The number of carbonyl (C=O) groups excluding carboxylic acids is 1. The highest BCUT2D eigenvalue weighted by Gasteiger charge is 2.27. The monoisotopic (exact) mass is 517 g/mol. The molecule has 0 spiro atoms. The van der Waals surface area contributed by atoms with Crippen LogP contribution >= 0.6 is 11.6 Å². The highest BCUT2D eigenvalue weighted by Crippen LogP contribution is 2.28. The summed E-state index contributed by atoms with van der Waals surface area (Å²) in [6.07, 6.45) is 0. The first kappa shape index (κ1) is 24.3. The van der Waals surface area contributed by atoms with E-state index in [0.717, 1.165) is 11.4 Å². The Hall–Kier alpha value is -4.37. The Balaban J connectivity index is 1.42. The molecule has 10 heteroatoms. The van der Waals surface area contributed by atoms with Gasteiger partial charge in [0.05, 0.1) is 28.4 Å². The van der Waals surface area contributed by atoms with Crippen molar-refractivity contribution in [1.29, 1.82) is 0 Å². The van der Waals surface area contributed by atoms with Gasteiger partial charge in [0.2, 0.25) is 0 Å². The molecular weight excluding hydrogens is 494 g/mol. The molecule has 0 aliphatic carbocycles. The number of methoxy groups -OCH3 is 1. The van der Waals surface area contributed by atoms with E-state index in [1.54, 1.807) is 42.1 Å². The van der Waals surface area contributed by atoms with Crippen LogP contribution in [-0.2, 0) is 0 Å². The molecule has 1 aliphatic heterocycles. The Kier molecular flexibility index (Phi) is 6.78. The van der Waals surface area contributed by atoms with Gasteiger partial charge in [-0.05, 0) is 54.6 Å². The van der Waals surface area contributed by atoms with E-state index in [2.05, 4.69) is 10.00 Å². The number of amides is 1. The van der Waals surface area contributed by atoms with Crippen molar-refractivity contribution in [3.63, 3.8) is 0 Å². The van der Waals surface area contributed by atoms with Crippen LogP contribution in [0.25, 0.3) is 16.9 Å². The number of halogens is 1. The molecular formula is C27H24ClN5O4. The number of nitro groups is 1. The van der Waals surface area contributed by atoms with Gasteiger partial charge in [0.15, 0.2) is 0 Å². The lowest BCUT2D eigenvalue weighted by molar-refractivity contribution is -0.384. The number of piperazine rings is 1. The third-order valence-electron chi connectivity index (χ3n) is 6.39. The number of hydrogen-bond donors (Lipinski definition) is 0. The van der Waals surface area contributed by atoms with Crippen molar-refractivity contribution in [3.8, 4) is 22.7 Å². The molecule has 1 aromatic heterocycles. The minimum Gasteiger partial charge on any atom is -0.497 e. The van der Waals surface area contributed by atoms with Gasteiger partial charge in [-0.2, -0.15) is 5.10 Å². The average Bonchev–Trinajstić information content (AvgIpc) is 3.38. The van der Waals surface area contributed by atoms with Crippen molar-refractivity contribution in [1.82, 2.24) is 14.7 Å². The first-order valence-corrected chi connectivity index (χ1v) is 12.1. The van der Waals surface area contributed by atoms with Crippen molar-refractivity contribution >= 4 is 28.9 Å². The van der Waals surface area contributed by atoms with Crippen molar-refractivity contribution in [2.24, 2.45) is 0 Å². The Morgan fingerprint density at radius 3 is 2.27 bits per heavy atom. The normalized spacial score (nSPS) is 13.5. The van der Waals surface area contributed by atoms with Crippen LogP contribution in [0.15, 0.2) is 78.9 Å². The number of ether oxygens (including phenoxy) is 1. The minimum absolute atomic E-state index is 0.0136. The fourth-order valence-electron chi connectivity index (χ4n) is 4.36. The van der Waals surface area contributed by atoms with Crippen LogP contribution in [0.4, 0.5) is 11.4 Å². The highest BCUT2D eigenvalue weighted by molar-refractivity contribution is 6.32. The molecule has 0 unspecified atom stereocenters. The molecule has 5 rings (SSSR count). The third-order valence-corrected chi connectivity index (χ3v) is 6.71. The van der Waals surface area contributed by atoms with Gasteiger partial charge in [-0.25, -0.2) is 4.68 Å². The second-order valence-electron chi connectivity index (χ2n) is 8.56. The molecule has 1 fully saturated rings. The zero-order valence-corrected chi connectivity index (χ0v) is 20.8. The fourth-order valence-corrected chi connectivity index (χ4v) is 4.57. The van der Waals surface area contributed by atoms with Gasteiger partial charge in [-0.1, -0.05) is 23.7 Å². The van der Waals surface area contributed by atoms with E-state index < -0.39 is 4.92 Å². The van der Waals surface area contributed by atoms with Crippen LogP contribution in [-0.4, -0.2) is 58.8 Å². The summed E-state index contributed by atoms with van der Waals surface area (Å²) >= 11 is 6.46. The van der Waals surface area contributed by atoms with Crippen LogP contribution in [0.1, 0.15) is 10.5 Å². The predicted octanol–water partition coefficient (Wildman–Crippen LogP) is 5.07. The number of rotatable bonds is 6. The zero-order valence-electron chi connectivity index (χ0n) is 20.1. The first-order chi connectivity index (χ1) is 17.9. The minimum atomic E-state index is -0.452. The number of nitrogens with zero attached hydrogens (tertiary/aromatic N) is 5. The molecule has 0 saturated carbocycles. The van der Waals surface area contributed by atoms with E-state index in [4.69, 9.17) is 16.3 Å². The summed E-state index contributed by atoms with van der Waals surface area (Å²) in [6.45, 7) is 2.47. The summed E-state index contributed by atoms with van der Waals surface area (Å²) in [6, 6.07) is 22.9. The summed E-state index contributed by atoms with van der Waals surface area (Å²) in [5, 5.41) is 16.2. The molecule has 9 nitrogen and oxygen atoms in total. The Morgan fingerprint density at radius 1 is 0.973 bits per heavy atom. The molecule has 0 atom stereocenters. The Labute approximate surface area is 218 Å². The molecule has 2 heterocycles. The quantitative estimate of drug-likeness (QED) is 0.262. The molecule has 1 amide bonds. The molecule has 0 N–H and O–H groups in total. The number of hydrogen-bond acceptors (Lipinski definition) is 6. The van der Waals surface area contributed by atoms with E-state index in [1.165, 1.54) is 12.1 Å². The van der Waals surface area contributed by atoms with Gasteiger partial charge >= 0.3 is 0 Å². The maximum Gasteiger partial charge on any atom is 0.272 e. The molecule has 37 heavy (non-hydrogen) atoms. The van der Waals surface area contributed by atoms with Gasteiger partial charge in [-0.15, -0.1) is 0 Å².